The molecule has 0 aromatic carbocycles. The molecule has 1 aromatic heterocycles. The van der Waals surface area contributed by atoms with Crippen molar-refractivity contribution < 1.29 is 9.47 Å². The van der Waals surface area contributed by atoms with E-state index in [9.17, 15) is 0 Å². The van der Waals surface area contributed by atoms with Gasteiger partial charge in [0.2, 0.25) is 0 Å². The number of anilines is 1. The minimum Gasteiger partial charge on any atom is -0.493 e. The van der Waals surface area contributed by atoms with Crippen LogP contribution in [0.25, 0.3) is 6.08 Å². The molecule has 6 heteroatoms. The van der Waals surface area contributed by atoms with E-state index in [1.165, 1.54) is 6.42 Å². The van der Waals surface area contributed by atoms with Gasteiger partial charge in [-0.05, 0) is 12.2 Å². The van der Waals surface area contributed by atoms with Crippen LogP contribution in [0.4, 0.5) is 5.69 Å². The molecule has 29 heavy (non-hydrogen) atoms. The number of nitrogens with one attached hydrogen (secondary N) is 2. The summed E-state index contributed by atoms with van der Waals surface area (Å²) in [6, 6.07) is 0. The van der Waals surface area contributed by atoms with E-state index in [1.54, 1.807) is 27.5 Å². The van der Waals surface area contributed by atoms with Gasteiger partial charge in [0.25, 0.3) is 0 Å². The Kier molecular flexibility index (Phi) is 33.4. The first kappa shape index (κ1) is 34.4. The summed E-state index contributed by atoms with van der Waals surface area (Å²) in [6.45, 7) is 20.2. The fraction of sp³-hybridized carbons (Fsp3) is 0.652. The van der Waals surface area contributed by atoms with Crippen LogP contribution in [0.5, 0.6) is 0 Å². The zero-order valence-corrected chi connectivity index (χ0v) is 21.4. The van der Waals surface area contributed by atoms with E-state index in [0.717, 1.165) is 16.9 Å². The van der Waals surface area contributed by atoms with Crippen LogP contribution in [0.3, 0.4) is 0 Å². The molecule has 6 nitrogen and oxygen atoms in total. The van der Waals surface area contributed by atoms with Gasteiger partial charge in [0.1, 0.15) is 0 Å². The molecule has 2 N–H and O–H groups in total. The highest BCUT2D eigenvalue weighted by Crippen LogP contribution is 2.27. The minimum absolute atomic E-state index is 0.647. The van der Waals surface area contributed by atoms with E-state index in [1.807, 2.05) is 67.5 Å². The number of ether oxygens (including phenoxy) is 2. The highest BCUT2D eigenvalue weighted by Gasteiger charge is 2.16. The van der Waals surface area contributed by atoms with E-state index in [0.29, 0.717) is 17.9 Å². The summed E-state index contributed by atoms with van der Waals surface area (Å²) < 4.78 is 10.6. The monoisotopic (exact) mass is 412 g/mol. The normalized spacial score (nSPS) is 10.1. The number of allylic oxidation sites excluding steroid dienone is 1. The third-order valence-corrected chi connectivity index (χ3v) is 2.66. The maximum Gasteiger partial charge on any atom is 0.161 e. The molecule has 0 saturated heterocycles. The Hall–Kier alpha value is -2.08. The average molecular weight is 413 g/mol. The Morgan fingerprint density at radius 2 is 1.38 bits per heavy atom. The van der Waals surface area contributed by atoms with Crippen molar-refractivity contribution in [3.63, 3.8) is 0 Å². The highest BCUT2D eigenvalue weighted by atomic mass is 16.5. The Balaban J connectivity index is -0.000000244. The van der Waals surface area contributed by atoms with Crippen LogP contribution in [0.1, 0.15) is 86.9 Å². The second-order valence-corrected chi connectivity index (χ2v) is 4.39. The molecule has 0 amide bonds. The third kappa shape index (κ3) is 14.6. The van der Waals surface area contributed by atoms with Crippen LogP contribution in [0.15, 0.2) is 23.8 Å². The standard InChI is InChI=1S/C12H16N4O2.C3H8.4C2H6/c1-13-15-10-7-14-16-9-4-5-11(17-2)12(18-3)6-8(9)10;1-3-2;4*1-2/h5-7,13H,4H2,1-3H3,(H,15,16);3H2,1-2H3;4*1-2H3. The molecule has 2 rings (SSSR count). The van der Waals surface area contributed by atoms with E-state index in [4.69, 9.17) is 9.47 Å². The average Bonchev–Trinajstić information content (AvgIpc) is 2.99. The van der Waals surface area contributed by atoms with Crippen molar-refractivity contribution in [2.24, 2.45) is 0 Å². The Morgan fingerprint density at radius 3 is 1.79 bits per heavy atom. The van der Waals surface area contributed by atoms with Crippen LogP contribution >= 0.6 is 0 Å². The number of fused-ring (bicyclic) bond motifs is 1. The molecule has 1 heterocycles. The number of methoxy groups -OCH3 is 2. The van der Waals surface area contributed by atoms with Gasteiger partial charge in [-0.15, -0.1) is 0 Å². The number of aromatic nitrogens is 2. The zero-order valence-electron chi connectivity index (χ0n) is 21.4. The van der Waals surface area contributed by atoms with Crippen molar-refractivity contribution in [1.82, 2.24) is 15.6 Å². The van der Waals surface area contributed by atoms with Crippen molar-refractivity contribution >= 4 is 11.8 Å². The van der Waals surface area contributed by atoms with E-state index < -0.39 is 0 Å². The van der Waals surface area contributed by atoms with Gasteiger partial charge in [0.15, 0.2) is 11.5 Å². The summed E-state index contributed by atoms with van der Waals surface area (Å²) in [5, 5.41) is 8.11. The Labute approximate surface area is 181 Å². The van der Waals surface area contributed by atoms with Crippen LogP contribution < -0.4 is 10.9 Å². The van der Waals surface area contributed by atoms with Crippen molar-refractivity contribution in [1.29, 1.82) is 0 Å². The van der Waals surface area contributed by atoms with Gasteiger partial charge in [0, 0.05) is 19.0 Å². The maximum atomic E-state index is 5.34. The van der Waals surface area contributed by atoms with Gasteiger partial charge < -0.3 is 14.9 Å². The van der Waals surface area contributed by atoms with Crippen LogP contribution in [-0.4, -0.2) is 31.5 Å². The number of hydrogen-bond acceptors (Lipinski definition) is 6. The largest absolute Gasteiger partial charge is 0.493 e. The minimum atomic E-state index is 0.647. The molecule has 1 aliphatic carbocycles. The van der Waals surface area contributed by atoms with Gasteiger partial charge in [-0.25, -0.2) is 5.43 Å². The fourth-order valence-electron chi connectivity index (χ4n) is 1.82. The first-order chi connectivity index (χ1) is 14.2. The lowest BCUT2D eigenvalue weighted by atomic mass is 10.1. The second-order valence-electron chi connectivity index (χ2n) is 4.39. The van der Waals surface area contributed by atoms with Gasteiger partial charge in [-0.3, -0.25) is 0 Å². The number of rotatable bonds is 4. The molecule has 0 saturated carbocycles. The van der Waals surface area contributed by atoms with Crippen LogP contribution in [-0.2, 0) is 15.9 Å². The summed E-state index contributed by atoms with van der Waals surface area (Å²) >= 11 is 0. The molecule has 172 valence electrons. The molecule has 0 atom stereocenters. The lowest BCUT2D eigenvalue weighted by Crippen LogP contribution is -2.17. The summed E-state index contributed by atoms with van der Waals surface area (Å²) in [4.78, 5) is 0. The van der Waals surface area contributed by atoms with E-state index in [2.05, 4.69) is 34.9 Å². The lowest BCUT2D eigenvalue weighted by molar-refractivity contribution is 0.222. The molecule has 1 aliphatic rings. The Bertz CT molecular complexity index is 516. The predicted octanol–water partition coefficient (Wildman–Crippen LogP) is 6.62. The second kappa shape index (κ2) is 28.1. The first-order valence-corrected chi connectivity index (χ1v) is 11.0. The van der Waals surface area contributed by atoms with E-state index in [-0.39, 0.29) is 0 Å². The SMILES string of the molecule is CC.CC.CC.CC.CCC.CNNc1cnnc2c1C=C(OC)C(OC)=CC2. The molecule has 0 bridgehead atoms. The van der Waals surface area contributed by atoms with Crippen molar-refractivity contribution in [2.45, 2.75) is 82.1 Å². The number of hydrogen-bond donors (Lipinski definition) is 2. The smallest absolute Gasteiger partial charge is 0.161 e. The molecule has 0 aliphatic heterocycles. The molecule has 0 radical (unpaired) electrons. The topological polar surface area (TPSA) is 68.3 Å². The quantitative estimate of drug-likeness (QED) is 0.542. The van der Waals surface area contributed by atoms with Crippen molar-refractivity contribution in [2.75, 3.05) is 26.7 Å². The summed E-state index contributed by atoms with van der Waals surface area (Å²) in [5.74, 6) is 1.37. The fourth-order valence-corrected chi connectivity index (χ4v) is 1.82. The summed E-state index contributed by atoms with van der Waals surface area (Å²) in [5.41, 5.74) is 8.57. The highest BCUT2D eigenvalue weighted by molar-refractivity contribution is 5.70. The van der Waals surface area contributed by atoms with Crippen LogP contribution in [0.2, 0.25) is 0 Å². The molecular weight excluding hydrogens is 364 g/mol. The molecule has 0 fully saturated rings. The third-order valence-electron chi connectivity index (χ3n) is 2.66. The molecule has 0 unspecified atom stereocenters. The Morgan fingerprint density at radius 1 is 0.897 bits per heavy atom. The molecule has 0 spiro atoms. The maximum absolute atomic E-state index is 5.34. The van der Waals surface area contributed by atoms with Crippen LogP contribution in [0, 0.1) is 0 Å². The van der Waals surface area contributed by atoms with E-state index >= 15 is 0 Å². The molecular formula is C23H48N4O2. The van der Waals surface area contributed by atoms with Crippen molar-refractivity contribution in [3.8, 4) is 0 Å². The van der Waals surface area contributed by atoms with Crippen molar-refractivity contribution in [3.05, 3.63) is 35.0 Å². The first-order valence-electron chi connectivity index (χ1n) is 11.0. The summed E-state index contributed by atoms with van der Waals surface area (Å²) in [7, 11) is 5.03. The summed E-state index contributed by atoms with van der Waals surface area (Å²) in [6.07, 6.45) is 7.38. The zero-order chi connectivity index (χ0) is 23.7. The number of hydrazine groups is 1. The molecule has 1 aromatic rings. The van der Waals surface area contributed by atoms with Gasteiger partial charge in [-0.2, -0.15) is 10.2 Å². The number of nitrogens with zero attached hydrogens (tertiary/aromatic N) is 2. The van der Waals surface area contributed by atoms with Gasteiger partial charge >= 0.3 is 0 Å². The van der Waals surface area contributed by atoms with Gasteiger partial charge in [-0.1, -0.05) is 75.7 Å². The van der Waals surface area contributed by atoms with Gasteiger partial charge in [0.05, 0.1) is 31.8 Å². The lowest BCUT2D eigenvalue weighted by Gasteiger charge is -2.10. The predicted molar refractivity (Wildman–Crippen MR) is 130 cm³/mol.